The van der Waals surface area contributed by atoms with E-state index >= 15 is 0 Å². The number of carbonyl (C=O) groups excluding carboxylic acids is 4. The van der Waals surface area contributed by atoms with Crippen LogP contribution in [0.4, 0.5) is 5.69 Å². The van der Waals surface area contributed by atoms with Gasteiger partial charge in [0.15, 0.2) is 12.4 Å². The topological polar surface area (TPSA) is 133 Å². The molecular weight excluding hydrogens is 564 g/mol. The van der Waals surface area contributed by atoms with Crippen LogP contribution in [-0.4, -0.2) is 46.0 Å². The zero-order valence-corrected chi connectivity index (χ0v) is 23.5. The molecule has 3 fully saturated rings. The largest absolute Gasteiger partial charge is 0.457 e. The molecule has 2 saturated carbocycles. The standard InChI is InChI=1S/C34H28N2O8/c37-29(20-6-10-22(11-7-20)44-23-12-8-21(9-13-23)36(41)42)18-43-34(40)28(16-19-4-2-1-3-5-19)35-32(38)30-24-14-15-25(27-17-26(24)27)31(30)33(35)39/h1-15,24-28,30-31H,16-18H2/t24-,25-,26-,27-,28+,30-,31+/m1/s1. The van der Waals surface area contributed by atoms with Crippen LogP contribution in [0, 0.1) is 45.6 Å². The Morgan fingerprint density at radius 3 is 1.98 bits per heavy atom. The Labute approximate surface area is 252 Å². The number of likely N-dealkylation sites (tertiary alicyclic amines) is 1. The summed E-state index contributed by atoms with van der Waals surface area (Å²) in [7, 11) is 0. The van der Waals surface area contributed by atoms with Crippen LogP contribution >= 0.6 is 0 Å². The lowest BCUT2D eigenvalue weighted by Gasteiger charge is -2.37. The van der Waals surface area contributed by atoms with Crippen molar-refractivity contribution in [3.63, 3.8) is 0 Å². The van der Waals surface area contributed by atoms with Gasteiger partial charge in [0, 0.05) is 24.1 Å². The molecule has 7 atom stereocenters. The summed E-state index contributed by atoms with van der Waals surface area (Å²) in [5.41, 5.74) is 0.981. The van der Waals surface area contributed by atoms with E-state index in [2.05, 4.69) is 12.2 Å². The number of esters is 1. The second kappa shape index (κ2) is 10.9. The van der Waals surface area contributed by atoms with Crippen molar-refractivity contribution in [3.8, 4) is 11.5 Å². The van der Waals surface area contributed by atoms with E-state index in [1.165, 1.54) is 36.4 Å². The van der Waals surface area contributed by atoms with E-state index in [1.807, 2.05) is 30.3 Å². The van der Waals surface area contributed by atoms with E-state index in [4.69, 9.17) is 9.47 Å². The minimum absolute atomic E-state index is 0.0267. The maximum absolute atomic E-state index is 13.8. The Hall–Kier alpha value is -5.12. The fourth-order valence-corrected chi connectivity index (χ4v) is 7.20. The van der Waals surface area contributed by atoms with Crippen LogP contribution in [0.25, 0.3) is 0 Å². The predicted octanol–water partition coefficient (Wildman–Crippen LogP) is 4.78. The molecule has 8 rings (SSSR count). The zero-order valence-electron chi connectivity index (χ0n) is 23.5. The summed E-state index contributed by atoms with van der Waals surface area (Å²) in [6.07, 6.45) is 5.30. The van der Waals surface area contributed by atoms with Gasteiger partial charge < -0.3 is 9.47 Å². The van der Waals surface area contributed by atoms with Crippen molar-refractivity contribution >= 4 is 29.3 Å². The number of Topliss-reactive ketones (excluding diaryl/α,β-unsaturated/α-hetero) is 1. The van der Waals surface area contributed by atoms with Gasteiger partial charge >= 0.3 is 5.97 Å². The van der Waals surface area contributed by atoms with Gasteiger partial charge in [-0.2, -0.15) is 0 Å². The van der Waals surface area contributed by atoms with Crippen molar-refractivity contribution in [3.05, 3.63) is 112 Å². The average molecular weight is 593 g/mol. The summed E-state index contributed by atoms with van der Waals surface area (Å²) in [6, 6.07) is 19.7. The first kappa shape index (κ1) is 27.7. The van der Waals surface area contributed by atoms with Gasteiger partial charge in [0.2, 0.25) is 11.8 Å². The molecule has 3 aromatic rings. The van der Waals surface area contributed by atoms with Crippen LogP contribution in [-0.2, 0) is 25.5 Å². The number of nitro groups is 1. The molecule has 0 N–H and O–H groups in total. The molecule has 5 aliphatic rings. The molecule has 3 aromatic carbocycles. The van der Waals surface area contributed by atoms with Crippen molar-refractivity contribution in [1.29, 1.82) is 0 Å². The number of amides is 2. The summed E-state index contributed by atoms with van der Waals surface area (Å²) in [4.78, 5) is 65.5. The number of hydrogen-bond acceptors (Lipinski definition) is 8. The second-order valence-electron chi connectivity index (χ2n) is 11.8. The molecule has 4 aliphatic carbocycles. The molecule has 2 bridgehead atoms. The number of imide groups is 1. The molecule has 0 spiro atoms. The van der Waals surface area contributed by atoms with Crippen molar-refractivity contribution in [1.82, 2.24) is 4.90 Å². The van der Waals surface area contributed by atoms with Gasteiger partial charge in [0.1, 0.15) is 17.5 Å². The number of carbonyl (C=O) groups is 4. The molecule has 0 radical (unpaired) electrons. The number of nitrogens with zero attached hydrogens (tertiary/aromatic N) is 2. The fourth-order valence-electron chi connectivity index (χ4n) is 7.20. The van der Waals surface area contributed by atoms with Crippen LogP contribution in [0.3, 0.4) is 0 Å². The third kappa shape index (κ3) is 4.86. The number of rotatable bonds is 10. The Balaban J connectivity index is 1.04. The molecule has 222 valence electrons. The van der Waals surface area contributed by atoms with Crippen LogP contribution in [0.15, 0.2) is 91.0 Å². The summed E-state index contributed by atoms with van der Waals surface area (Å²) < 4.78 is 11.2. The monoisotopic (exact) mass is 592 g/mol. The van der Waals surface area contributed by atoms with Crippen LogP contribution in [0.2, 0.25) is 0 Å². The Morgan fingerprint density at radius 1 is 0.841 bits per heavy atom. The number of benzene rings is 3. The van der Waals surface area contributed by atoms with Gasteiger partial charge in [-0.25, -0.2) is 4.79 Å². The maximum atomic E-state index is 13.8. The van der Waals surface area contributed by atoms with Gasteiger partial charge in [-0.3, -0.25) is 29.4 Å². The number of ether oxygens (including phenoxy) is 2. The van der Waals surface area contributed by atoms with Gasteiger partial charge in [-0.15, -0.1) is 0 Å². The van der Waals surface area contributed by atoms with E-state index in [0.717, 1.165) is 16.9 Å². The van der Waals surface area contributed by atoms with Gasteiger partial charge in [-0.1, -0.05) is 42.5 Å². The summed E-state index contributed by atoms with van der Waals surface area (Å²) in [5, 5.41) is 10.8. The highest BCUT2D eigenvalue weighted by Crippen LogP contribution is 2.65. The van der Waals surface area contributed by atoms with E-state index in [0.29, 0.717) is 23.3 Å². The highest BCUT2D eigenvalue weighted by atomic mass is 16.6. The minimum atomic E-state index is -1.18. The van der Waals surface area contributed by atoms with E-state index < -0.39 is 41.2 Å². The van der Waals surface area contributed by atoms with Gasteiger partial charge in [-0.05, 0) is 72.1 Å². The lowest BCUT2D eigenvalue weighted by Crippen LogP contribution is -2.48. The van der Waals surface area contributed by atoms with Crippen molar-refractivity contribution in [2.45, 2.75) is 18.9 Å². The van der Waals surface area contributed by atoms with Crippen molar-refractivity contribution < 1.29 is 33.6 Å². The first-order chi connectivity index (χ1) is 21.3. The summed E-state index contributed by atoms with van der Waals surface area (Å²) in [6.45, 7) is -0.563. The van der Waals surface area contributed by atoms with Crippen molar-refractivity contribution in [2.75, 3.05) is 6.61 Å². The summed E-state index contributed by atoms with van der Waals surface area (Å²) >= 11 is 0. The molecule has 2 amide bonds. The van der Waals surface area contributed by atoms with Gasteiger partial charge in [0.05, 0.1) is 16.8 Å². The van der Waals surface area contributed by atoms with E-state index in [9.17, 15) is 29.3 Å². The number of non-ortho nitro benzene ring substituents is 1. The highest BCUT2D eigenvalue weighted by molar-refractivity contribution is 6.09. The smallest absolute Gasteiger partial charge is 0.330 e. The van der Waals surface area contributed by atoms with Crippen LogP contribution < -0.4 is 4.74 Å². The number of nitro benzene ring substituents is 1. The molecule has 0 aromatic heterocycles. The normalized spacial score (nSPS) is 26.5. The highest BCUT2D eigenvalue weighted by Gasteiger charge is 2.68. The molecule has 1 saturated heterocycles. The van der Waals surface area contributed by atoms with Crippen LogP contribution in [0.5, 0.6) is 11.5 Å². The molecule has 0 unspecified atom stereocenters. The lowest BCUT2D eigenvalue weighted by atomic mass is 9.63. The van der Waals surface area contributed by atoms with E-state index in [1.54, 1.807) is 12.1 Å². The quantitative estimate of drug-likeness (QED) is 0.0821. The van der Waals surface area contributed by atoms with Gasteiger partial charge in [0.25, 0.3) is 5.69 Å². The number of ketones is 1. The minimum Gasteiger partial charge on any atom is -0.457 e. The average Bonchev–Trinajstić information content (AvgIpc) is 3.82. The number of allylic oxidation sites excluding steroid dienone is 2. The Morgan fingerprint density at radius 2 is 1.41 bits per heavy atom. The fraction of sp³-hybridized carbons (Fsp3) is 0.294. The zero-order chi connectivity index (χ0) is 30.5. The number of hydrogen-bond donors (Lipinski definition) is 0. The molecule has 10 nitrogen and oxygen atoms in total. The predicted molar refractivity (Wildman–Crippen MR) is 155 cm³/mol. The Bertz CT molecular complexity index is 1650. The SMILES string of the molecule is O=C(COC(=O)[C@H](Cc1ccccc1)N1C(=O)[C@@H]2[C@@H]3C=C[C@H]([C@H]4C[C@H]34)[C@@H]2C1=O)c1ccc(Oc2ccc([N+](=O)[O-])cc2)cc1. The maximum Gasteiger partial charge on any atom is 0.330 e. The third-order valence-electron chi connectivity index (χ3n) is 9.36. The molecular formula is C34H28N2O8. The molecule has 44 heavy (non-hydrogen) atoms. The second-order valence-corrected chi connectivity index (χ2v) is 11.8. The molecule has 1 aliphatic heterocycles. The Kier molecular flexibility index (Phi) is 6.84. The van der Waals surface area contributed by atoms with Crippen molar-refractivity contribution in [2.24, 2.45) is 35.5 Å². The van der Waals surface area contributed by atoms with E-state index in [-0.39, 0.29) is 41.3 Å². The first-order valence-corrected chi connectivity index (χ1v) is 14.6. The summed E-state index contributed by atoms with van der Waals surface area (Å²) in [5.74, 6) is -1.07. The first-order valence-electron chi connectivity index (χ1n) is 14.6. The van der Waals surface area contributed by atoms with Crippen LogP contribution in [0.1, 0.15) is 22.3 Å². The molecule has 1 heterocycles. The molecule has 10 heteroatoms. The third-order valence-corrected chi connectivity index (χ3v) is 9.36. The lowest BCUT2D eigenvalue weighted by molar-refractivity contribution is -0.384.